The third kappa shape index (κ3) is 4.02. The summed E-state index contributed by atoms with van der Waals surface area (Å²) in [5.41, 5.74) is 3.96. The van der Waals surface area contributed by atoms with Gasteiger partial charge in [-0.3, -0.25) is 4.90 Å². The number of benzene rings is 2. The summed E-state index contributed by atoms with van der Waals surface area (Å²) in [5, 5.41) is 8.39. The zero-order valence-corrected chi connectivity index (χ0v) is 22.4. The van der Waals surface area contributed by atoms with Crippen molar-refractivity contribution in [2.45, 2.75) is 25.1 Å². The summed E-state index contributed by atoms with van der Waals surface area (Å²) in [6.07, 6.45) is 4.34. The number of nitrogens with one attached hydrogen (secondary N) is 1. The van der Waals surface area contributed by atoms with Crippen LogP contribution in [0.3, 0.4) is 0 Å². The van der Waals surface area contributed by atoms with Crippen molar-refractivity contribution in [3.63, 3.8) is 0 Å². The number of fused-ring (bicyclic) bond motifs is 2. The number of hydrogen-bond acceptors (Lipinski definition) is 10. The number of hydrogen-bond donors (Lipinski definition) is 1. The molecule has 2 aliphatic heterocycles. The highest BCUT2D eigenvalue weighted by molar-refractivity contribution is 6.03. The number of aromatic nitrogens is 6. The fraction of sp³-hybridized carbons (Fsp3) is 0.321. The van der Waals surface area contributed by atoms with Crippen molar-refractivity contribution in [2.24, 2.45) is 0 Å². The van der Waals surface area contributed by atoms with Gasteiger partial charge in [-0.05, 0) is 49.9 Å². The van der Waals surface area contributed by atoms with Gasteiger partial charge in [-0.25, -0.2) is 28.8 Å². The van der Waals surface area contributed by atoms with E-state index in [1.807, 2.05) is 44.3 Å². The number of alkyl halides is 1. The second-order valence-corrected chi connectivity index (χ2v) is 10.5. The smallest absolute Gasteiger partial charge is 0.224 e. The highest BCUT2D eigenvalue weighted by atomic mass is 19.1. The van der Waals surface area contributed by atoms with Gasteiger partial charge in [0.15, 0.2) is 5.65 Å². The number of halogens is 1. The third-order valence-electron chi connectivity index (χ3n) is 7.93. The molecule has 0 radical (unpaired) electrons. The van der Waals surface area contributed by atoms with Crippen LogP contribution in [0.25, 0.3) is 16.6 Å². The number of methoxy groups -OCH3 is 1. The van der Waals surface area contributed by atoms with E-state index in [4.69, 9.17) is 9.47 Å². The molecule has 7 rings (SSSR count). The quantitative estimate of drug-likeness (QED) is 0.337. The van der Waals surface area contributed by atoms with E-state index in [0.29, 0.717) is 49.1 Å². The molecular weight excluding hydrogens is 513 g/mol. The monoisotopic (exact) mass is 541 g/mol. The van der Waals surface area contributed by atoms with Gasteiger partial charge in [0.05, 0.1) is 29.2 Å². The Morgan fingerprint density at radius 1 is 1.02 bits per heavy atom. The van der Waals surface area contributed by atoms with Crippen LogP contribution in [0, 0.1) is 6.92 Å². The van der Waals surface area contributed by atoms with Crippen LogP contribution >= 0.6 is 0 Å². The molecule has 204 valence electrons. The van der Waals surface area contributed by atoms with E-state index in [9.17, 15) is 4.39 Å². The molecule has 5 heterocycles. The summed E-state index contributed by atoms with van der Waals surface area (Å²) in [6.45, 7) is 3.88. The first kappa shape index (κ1) is 24.5. The molecule has 5 aromatic rings. The van der Waals surface area contributed by atoms with E-state index in [1.54, 1.807) is 30.3 Å². The van der Waals surface area contributed by atoms with Gasteiger partial charge < -0.3 is 19.7 Å². The van der Waals surface area contributed by atoms with Crippen LogP contribution in [-0.2, 0) is 0 Å². The number of rotatable bonds is 6. The number of likely N-dealkylation sites (N-methyl/N-ethyl adjacent to an activating group) is 1. The second kappa shape index (κ2) is 9.26. The van der Waals surface area contributed by atoms with Crippen LogP contribution in [-0.4, -0.2) is 80.0 Å². The first-order valence-corrected chi connectivity index (χ1v) is 13.1. The average molecular weight is 542 g/mol. The molecule has 1 spiro atoms. The topological polar surface area (TPSA) is 106 Å². The van der Waals surface area contributed by atoms with Crippen molar-refractivity contribution < 1.29 is 13.9 Å². The Bertz CT molecular complexity index is 1740. The molecule has 0 saturated carbocycles. The minimum atomic E-state index is -0.793. The first-order chi connectivity index (χ1) is 19.4. The number of anilines is 3. The van der Waals surface area contributed by atoms with Crippen LogP contribution < -0.4 is 19.7 Å². The predicted molar refractivity (Wildman–Crippen MR) is 148 cm³/mol. The number of nitrogens with zero attached hydrogens (tertiary/aromatic N) is 8. The Balaban J connectivity index is 1.19. The summed E-state index contributed by atoms with van der Waals surface area (Å²) in [4.78, 5) is 22.0. The lowest BCUT2D eigenvalue weighted by atomic mass is 9.86. The zero-order valence-electron chi connectivity index (χ0n) is 22.4. The van der Waals surface area contributed by atoms with Gasteiger partial charge in [-0.15, -0.1) is 0 Å². The van der Waals surface area contributed by atoms with Crippen molar-refractivity contribution in [3.05, 3.63) is 60.9 Å². The molecular formula is C28H28FN9O2. The summed E-state index contributed by atoms with van der Waals surface area (Å²) in [7, 11) is 3.67. The van der Waals surface area contributed by atoms with Gasteiger partial charge in [-0.2, -0.15) is 5.10 Å². The van der Waals surface area contributed by atoms with E-state index < -0.39 is 6.17 Å². The second-order valence-electron chi connectivity index (χ2n) is 10.5. The largest absolute Gasteiger partial charge is 0.495 e. The van der Waals surface area contributed by atoms with E-state index in [1.165, 1.54) is 6.33 Å². The maximum atomic E-state index is 14.2. The molecule has 40 heavy (non-hydrogen) atoms. The van der Waals surface area contributed by atoms with E-state index in [0.717, 1.165) is 33.6 Å². The lowest BCUT2D eigenvalue weighted by Crippen LogP contribution is -2.67. The minimum Gasteiger partial charge on any atom is -0.495 e. The molecule has 0 aliphatic carbocycles. The maximum absolute atomic E-state index is 14.2. The fourth-order valence-electron chi connectivity index (χ4n) is 5.86. The highest BCUT2D eigenvalue weighted by Crippen LogP contribution is 2.47. The zero-order chi connectivity index (χ0) is 27.4. The molecule has 11 nitrogen and oxygen atoms in total. The third-order valence-corrected chi connectivity index (χ3v) is 7.93. The molecule has 2 aromatic carbocycles. The van der Waals surface area contributed by atoms with Crippen molar-refractivity contribution in [2.75, 3.05) is 44.0 Å². The summed E-state index contributed by atoms with van der Waals surface area (Å²) in [6, 6.07) is 11.4. The Morgan fingerprint density at radius 3 is 2.65 bits per heavy atom. The minimum absolute atomic E-state index is 0.156. The van der Waals surface area contributed by atoms with Crippen molar-refractivity contribution in [1.29, 1.82) is 0 Å². The van der Waals surface area contributed by atoms with Crippen LogP contribution in [0.5, 0.6) is 17.4 Å². The van der Waals surface area contributed by atoms with Gasteiger partial charge in [0.25, 0.3) is 0 Å². The molecule has 3 aromatic heterocycles. The molecule has 12 heteroatoms. The Kier molecular flexibility index (Phi) is 5.66. The summed E-state index contributed by atoms with van der Waals surface area (Å²) in [5.74, 6) is 2.50. The predicted octanol–water partition coefficient (Wildman–Crippen LogP) is 4.15. The number of likely N-dealkylation sites (tertiary alicyclic amines) is 1. The average Bonchev–Trinajstić information content (AvgIpc) is 3.51. The van der Waals surface area contributed by atoms with Crippen LogP contribution in [0.15, 0.2) is 55.4 Å². The van der Waals surface area contributed by atoms with Crippen molar-refractivity contribution in [1.82, 2.24) is 34.4 Å². The van der Waals surface area contributed by atoms with E-state index in [-0.39, 0.29) is 5.54 Å². The lowest BCUT2D eigenvalue weighted by molar-refractivity contribution is 0.133. The normalized spacial score (nSPS) is 18.4. The highest BCUT2D eigenvalue weighted by Gasteiger charge is 2.53. The Hall–Kier alpha value is -4.58. The first-order valence-electron chi connectivity index (χ1n) is 13.1. The molecule has 2 saturated heterocycles. The number of aryl methyl sites for hydroxylation is 1. The van der Waals surface area contributed by atoms with E-state index in [2.05, 4.69) is 40.2 Å². The van der Waals surface area contributed by atoms with Crippen LogP contribution in [0.1, 0.15) is 12.0 Å². The van der Waals surface area contributed by atoms with Crippen LogP contribution in [0.2, 0.25) is 0 Å². The lowest BCUT2D eigenvalue weighted by Gasteiger charge is -2.53. The Morgan fingerprint density at radius 2 is 1.88 bits per heavy atom. The molecule has 1 atom stereocenters. The van der Waals surface area contributed by atoms with Gasteiger partial charge in [-0.1, -0.05) is 0 Å². The van der Waals surface area contributed by atoms with Crippen LogP contribution in [0.4, 0.5) is 21.6 Å². The summed E-state index contributed by atoms with van der Waals surface area (Å²) >= 11 is 0. The van der Waals surface area contributed by atoms with Gasteiger partial charge in [0.1, 0.15) is 42.5 Å². The maximum Gasteiger partial charge on any atom is 0.224 e. The fourth-order valence-corrected chi connectivity index (χ4v) is 5.86. The molecule has 1 unspecified atom stereocenters. The van der Waals surface area contributed by atoms with Crippen molar-refractivity contribution in [3.8, 4) is 17.4 Å². The Labute approximate surface area is 229 Å². The molecule has 0 amide bonds. The van der Waals surface area contributed by atoms with E-state index >= 15 is 0 Å². The molecule has 2 aliphatic rings. The van der Waals surface area contributed by atoms with Gasteiger partial charge in [0.2, 0.25) is 5.88 Å². The summed E-state index contributed by atoms with van der Waals surface area (Å²) < 4.78 is 27.6. The molecule has 2 fully saturated rings. The SMILES string of the molecule is COc1ccc2ncnc(Nc3ccc(Oc4cc5ncnn5cn4)c(C)c3)c2c1N1CC2(CC(F)CN2C)C1. The standard InChI is InChI=1S/C28H28FN9O2/c1-17-8-19(4-6-21(17)40-24-9-23-31-15-34-38(23)16-33-24)35-27-25-20(30-14-32-27)5-7-22(39-3)26(25)37-12-28(13-37)10-18(29)11-36(28)2/h4-9,14-16,18H,10-13H2,1-3H3,(H,30,32,35). The van der Waals surface area contributed by atoms with Crippen molar-refractivity contribution >= 4 is 33.7 Å². The van der Waals surface area contributed by atoms with Gasteiger partial charge >= 0.3 is 0 Å². The molecule has 0 bridgehead atoms. The van der Waals surface area contributed by atoms with Gasteiger partial charge in [0, 0.05) is 37.8 Å². The number of ether oxygens (including phenoxy) is 2. The molecule has 1 N–H and O–H groups in total.